The van der Waals surface area contributed by atoms with E-state index in [1.807, 2.05) is 19.1 Å². The molecule has 4 aliphatic rings. The molecule has 5 atom stereocenters. The van der Waals surface area contributed by atoms with Gasteiger partial charge in [-0.05, 0) is 49.9 Å². The lowest BCUT2D eigenvalue weighted by Crippen LogP contribution is -2.42. The summed E-state index contributed by atoms with van der Waals surface area (Å²) >= 11 is 0. The second kappa shape index (κ2) is 8.36. The topological polar surface area (TPSA) is 93.4 Å². The van der Waals surface area contributed by atoms with Crippen molar-refractivity contribution in [2.75, 3.05) is 26.6 Å². The summed E-state index contributed by atoms with van der Waals surface area (Å²) in [6, 6.07) is 8.08. The third kappa shape index (κ3) is 3.61. The molecule has 0 aliphatic carbocycles. The number of hydrogen-bond donors (Lipinski definition) is 2. The van der Waals surface area contributed by atoms with Gasteiger partial charge >= 0.3 is 0 Å². The van der Waals surface area contributed by atoms with Gasteiger partial charge in [0.1, 0.15) is 12.2 Å². The van der Waals surface area contributed by atoms with Gasteiger partial charge in [-0.25, -0.2) is 0 Å². The Morgan fingerprint density at radius 1 is 0.879 bits per heavy atom. The molecule has 0 bridgehead atoms. The lowest BCUT2D eigenvalue weighted by Gasteiger charge is -2.32. The second-order valence-corrected chi connectivity index (χ2v) is 9.14. The molecule has 0 saturated heterocycles. The van der Waals surface area contributed by atoms with Crippen LogP contribution in [0.15, 0.2) is 24.3 Å². The number of nitrogens with one attached hydrogen (secondary N) is 1. The summed E-state index contributed by atoms with van der Waals surface area (Å²) in [5.41, 5.74) is 10.8. The molecule has 2 aromatic rings. The van der Waals surface area contributed by atoms with Crippen LogP contribution in [0.2, 0.25) is 0 Å². The number of benzene rings is 2. The standard InChI is InChI=1S/C25H30N2O6/c1-13(26)22-20-15(7-9-28-22)4-6-18-25(20)33-19(32-18)11-27-14(2)23-21-16(8-10-29-23)3-5-17-24(21)31-12-30-17/h3-6,13-14,19,22-23,27H,7-12,26H2,1-2H3/t13-,14-,19?,22-,23+/m0/s1. The zero-order valence-corrected chi connectivity index (χ0v) is 19.0. The van der Waals surface area contributed by atoms with Crippen LogP contribution in [-0.4, -0.2) is 44.9 Å². The Morgan fingerprint density at radius 2 is 1.58 bits per heavy atom. The maximum atomic E-state index is 6.26. The Hall–Kier alpha value is -2.52. The quantitative estimate of drug-likeness (QED) is 0.713. The maximum Gasteiger partial charge on any atom is 0.253 e. The normalized spacial score (nSPS) is 26.5. The van der Waals surface area contributed by atoms with E-state index < -0.39 is 6.29 Å². The van der Waals surface area contributed by atoms with Crippen LogP contribution in [0.4, 0.5) is 0 Å². The highest BCUT2D eigenvalue weighted by Gasteiger charge is 2.37. The first-order chi connectivity index (χ1) is 16.1. The van der Waals surface area contributed by atoms with Crippen molar-refractivity contribution in [3.05, 3.63) is 46.5 Å². The molecule has 8 heteroatoms. The van der Waals surface area contributed by atoms with Crippen molar-refractivity contribution in [2.24, 2.45) is 5.73 Å². The van der Waals surface area contributed by atoms with Crippen molar-refractivity contribution in [1.29, 1.82) is 0 Å². The van der Waals surface area contributed by atoms with Gasteiger partial charge in [0.2, 0.25) is 6.79 Å². The smallest absolute Gasteiger partial charge is 0.253 e. The summed E-state index contributed by atoms with van der Waals surface area (Å²) in [5, 5.41) is 3.55. The fourth-order valence-corrected chi connectivity index (χ4v) is 5.27. The van der Waals surface area contributed by atoms with Gasteiger partial charge in [-0.2, -0.15) is 0 Å². The second-order valence-electron chi connectivity index (χ2n) is 9.14. The van der Waals surface area contributed by atoms with Crippen LogP contribution >= 0.6 is 0 Å². The predicted molar refractivity (Wildman–Crippen MR) is 120 cm³/mol. The molecule has 4 heterocycles. The number of hydrogen-bond acceptors (Lipinski definition) is 8. The van der Waals surface area contributed by atoms with Crippen molar-refractivity contribution in [3.63, 3.8) is 0 Å². The van der Waals surface area contributed by atoms with Gasteiger partial charge in [0.15, 0.2) is 23.0 Å². The Labute approximate surface area is 193 Å². The molecule has 3 N–H and O–H groups in total. The Morgan fingerprint density at radius 3 is 2.33 bits per heavy atom. The summed E-state index contributed by atoms with van der Waals surface area (Å²) in [6.07, 6.45) is 0.956. The minimum Gasteiger partial charge on any atom is -0.454 e. The first-order valence-electron chi connectivity index (χ1n) is 11.7. The van der Waals surface area contributed by atoms with E-state index in [4.69, 9.17) is 34.2 Å². The summed E-state index contributed by atoms with van der Waals surface area (Å²) in [4.78, 5) is 0. The fraction of sp³-hybridized carbons (Fsp3) is 0.520. The highest BCUT2D eigenvalue weighted by molar-refractivity contribution is 5.55. The van der Waals surface area contributed by atoms with Gasteiger partial charge in [0.05, 0.1) is 19.8 Å². The van der Waals surface area contributed by atoms with Crippen LogP contribution in [0.25, 0.3) is 0 Å². The summed E-state index contributed by atoms with van der Waals surface area (Å²) in [5.74, 6) is 3.09. The van der Waals surface area contributed by atoms with Crippen molar-refractivity contribution in [3.8, 4) is 23.0 Å². The summed E-state index contributed by atoms with van der Waals surface area (Å²) in [7, 11) is 0. The first-order valence-corrected chi connectivity index (χ1v) is 11.7. The van der Waals surface area contributed by atoms with Crippen LogP contribution < -0.4 is 30.0 Å². The molecule has 6 rings (SSSR count). The van der Waals surface area contributed by atoms with Gasteiger partial charge in [0, 0.05) is 23.2 Å². The number of nitrogens with two attached hydrogens (primary N) is 1. The van der Waals surface area contributed by atoms with Gasteiger partial charge in [-0.1, -0.05) is 12.1 Å². The van der Waals surface area contributed by atoms with Crippen LogP contribution in [0, 0.1) is 0 Å². The van der Waals surface area contributed by atoms with Crippen molar-refractivity contribution in [2.45, 2.75) is 57.3 Å². The Kier molecular flexibility index (Phi) is 5.33. The van der Waals surface area contributed by atoms with E-state index in [1.165, 1.54) is 11.1 Å². The molecular formula is C25H30N2O6. The van der Waals surface area contributed by atoms with Crippen LogP contribution in [0.5, 0.6) is 23.0 Å². The number of rotatable bonds is 5. The molecule has 1 unspecified atom stereocenters. The lowest BCUT2D eigenvalue weighted by molar-refractivity contribution is 0.00248. The molecule has 2 aromatic carbocycles. The van der Waals surface area contributed by atoms with Crippen molar-refractivity contribution >= 4 is 0 Å². The average Bonchev–Trinajstić information content (AvgIpc) is 3.48. The van der Waals surface area contributed by atoms with Gasteiger partial charge in [0.25, 0.3) is 6.29 Å². The number of ether oxygens (including phenoxy) is 6. The van der Waals surface area contributed by atoms with E-state index in [9.17, 15) is 0 Å². The highest BCUT2D eigenvalue weighted by atomic mass is 16.7. The average molecular weight is 455 g/mol. The largest absolute Gasteiger partial charge is 0.454 e. The maximum absolute atomic E-state index is 6.26. The molecule has 0 radical (unpaired) electrons. The van der Waals surface area contributed by atoms with E-state index >= 15 is 0 Å². The molecule has 0 amide bonds. The SMILES string of the molecule is C[C@H](N)[C@@H]1OCCc2ccc3c(c21)OC(CN[C@@H](C)[C@H]1OCCc2ccc4c(c21)OCO4)O3. The molecule has 0 aromatic heterocycles. The summed E-state index contributed by atoms with van der Waals surface area (Å²) in [6.45, 7) is 6.18. The third-order valence-electron chi connectivity index (χ3n) is 6.87. The van der Waals surface area contributed by atoms with Crippen molar-refractivity contribution < 1.29 is 28.4 Å². The third-order valence-corrected chi connectivity index (χ3v) is 6.87. The van der Waals surface area contributed by atoms with E-state index in [0.717, 1.165) is 47.0 Å². The fourth-order valence-electron chi connectivity index (χ4n) is 5.27. The zero-order chi connectivity index (χ0) is 22.5. The van der Waals surface area contributed by atoms with Crippen LogP contribution in [0.1, 0.15) is 48.3 Å². The van der Waals surface area contributed by atoms with Gasteiger partial charge in [-0.3, -0.25) is 0 Å². The molecule has 33 heavy (non-hydrogen) atoms. The van der Waals surface area contributed by atoms with E-state index in [2.05, 4.69) is 24.4 Å². The van der Waals surface area contributed by atoms with Gasteiger partial charge in [-0.15, -0.1) is 0 Å². The minimum atomic E-state index is -0.436. The molecule has 0 spiro atoms. The van der Waals surface area contributed by atoms with Gasteiger partial charge < -0.3 is 39.5 Å². The first kappa shape index (κ1) is 21.0. The van der Waals surface area contributed by atoms with E-state index in [-0.39, 0.29) is 31.1 Å². The van der Waals surface area contributed by atoms with Crippen LogP contribution in [-0.2, 0) is 22.3 Å². The van der Waals surface area contributed by atoms with Crippen LogP contribution in [0.3, 0.4) is 0 Å². The molecule has 4 aliphatic heterocycles. The predicted octanol–water partition coefficient (Wildman–Crippen LogP) is 2.77. The molecule has 0 fully saturated rings. The van der Waals surface area contributed by atoms with E-state index in [1.54, 1.807) is 0 Å². The lowest BCUT2D eigenvalue weighted by atomic mass is 9.92. The molecule has 0 saturated carbocycles. The Bertz CT molecular complexity index is 1060. The zero-order valence-electron chi connectivity index (χ0n) is 19.0. The highest BCUT2D eigenvalue weighted by Crippen LogP contribution is 2.47. The Balaban J connectivity index is 1.17. The minimum absolute atomic E-state index is 0.0183. The molecular weight excluding hydrogens is 424 g/mol. The van der Waals surface area contributed by atoms with Crippen molar-refractivity contribution in [1.82, 2.24) is 5.32 Å². The summed E-state index contributed by atoms with van der Waals surface area (Å²) < 4.78 is 35.9. The monoisotopic (exact) mass is 454 g/mol. The molecule has 176 valence electrons. The molecule has 8 nitrogen and oxygen atoms in total. The number of fused-ring (bicyclic) bond motifs is 6. The van der Waals surface area contributed by atoms with E-state index in [0.29, 0.717) is 19.8 Å².